The summed E-state index contributed by atoms with van der Waals surface area (Å²) in [5.41, 5.74) is 2.45. The number of hydrogen-bond acceptors (Lipinski definition) is 5. The number of aromatic nitrogens is 3. The lowest BCUT2D eigenvalue weighted by Gasteiger charge is -2.09. The van der Waals surface area contributed by atoms with Crippen molar-refractivity contribution >= 4 is 29.6 Å². The molecule has 0 atom stereocenters. The number of H-pyrrole nitrogens is 1. The summed E-state index contributed by atoms with van der Waals surface area (Å²) in [6.07, 6.45) is 10.1. The minimum Gasteiger partial charge on any atom is -0.492 e. The highest BCUT2D eigenvalue weighted by Gasteiger charge is 2.18. The summed E-state index contributed by atoms with van der Waals surface area (Å²) in [6.45, 7) is 0. The molecule has 2 aromatic rings. The van der Waals surface area contributed by atoms with Crippen molar-refractivity contribution in [3.63, 3.8) is 0 Å². The molecule has 22 heavy (non-hydrogen) atoms. The first-order valence-electron chi connectivity index (χ1n) is 7.56. The number of aromatic amines is 1. The summed E-state index contributed by atoms with van der Waals surface area (Å²) in [6, 6.07) is 4.29. The lowest BCUT2D eigenvalue weighted by molar-refractivity contribution is 0.455. The van der Waals surface area contributed by atoms with Crippen molar-refractivity contribution in [3.8, 4) is 5.88 Å². The number of anilines is 1. The van der Waals surface area contributed by atoms with Crippen molar-refractivity contribution in [3.05, 3.63) is 29.6 Å². The zero-order valence-corrected chi connectivity index (χ0v) is 12.1. The predicted molar refractivity (Wildman–Crippen MR) is 86.4 cm³/mol. The summed E-state index contributed by atoms with van der Waals surface area (Å²) in [4.78, 5) is 15.8. The highest BCUT2D eigenvalue weighted by molar-refractivity contribution is 6.20. The van der Waals surface area contributed by atoms with Gasteiger partial charge in [-0.15, -0.1) is 0 Å². The molecule has 6 heteroatoms. The fourth-order valence-electron chi connectivity index (χ4n) is 3.01. The van der Waals surface area contributed by atoms with Gasteiger partial charge in [0, 0.05) is 29.6 Å². The van der Waals surface area contributed by atoms with Crippen LogP contribution < -0.4 is 5.32 Å². The molecule has 0 spiro atoms. The molecule has 0 aromatic carbocycles. The Kier molecular flexibility index (Phi) is 3.14. The van der Waals surface area contributed by atoms with Crippen molar-refractivity contribution in [1.82, 2.24) is 15.0 Å². The first-order valence-corrected chi connectivity index (χ1v) is 7.56. The van der Waals surface area contributed by atoms with Crippen LogP contribution in [0.5, 0.6) is 5.88 Å². The normalized spacial score (nSPS) is 19.0. The van der Waals surface area contributed by atoms with Crippen molar-refractivity contribution in [2.75, 3.05) is 5.32 Å². The second kappa shape index (κ2) is 5.29. The third-order valence-electron chi connectivity index (χ3n) is 4.13. The summed E-state index contributed by atoms with van der Waals surface area (Å²) in [7, 11) is 0. The first kappa shape index (κ1) is 13.1. The van der Waals surface area contributed by atoms with Gasteiger partial charge in [0.25, 0.3) is 0 Å². The molecule has 0 bridgehead atoms. The van der Waals surface area contributed by atoms with E-state index in [0.717, 1.165) is 24.0 Å². The van der Waals surface area contributed by atoms with E-state index in [9.17, 15) is 5.11 Å². The Bertz CT molecular complexity index is 756. The number of aliphatic imine (C=N–C) groups is 1. The minimum absolute atomic E-state index is 0.00117. The molecule has 2 aliphatic rings. The molecule has 3 heterocycles. The van der Waals surface area contributed by atoms with E-state index in [1.54, 1.807) is 12.4 Å². The van der Waals surface area contributed by atoms with Gasteiger partial charge < -0.3 is 15.4 Å². The Morgan fingerprint density at radius 1 is 1.32 bits per heavy atom. The van der Waals surface area contributed by atoms with Crippen LogP contribution in [0.15, 0.2) is 23.3 Å². The largest absolute Gasteiger partial charge is 0.492 e. The summed E-state index contributed by atoms with van der Waals surface area (Å²) in [5, 5.41) is 13.4. The predicted octanol–water partition coefficient (Wildman–Crippen LogP) is 3.12. The van der Waals surface area contributed by atoms with Crippen molar-refractivity contribution in [1.29, 1.82) is 0 Å². The van der Waals surface area contributed by atoms with Crippen LogP contribution in [0, 0.1) is 0 Å². The van der Waals surface area contributed by atoms with Crippen LogP contribution in [0.25, 0.3) is 11.6 Å². The molecule has 3 N–H and O–H groups in total. The monoisotopic (exact) mass is 295 g/mol. The van der Waals surface area contributed by atoms with Gasteiger partial charge >= 0.3 is 0 Å². The maximum atomic E-state index is 10.0. The molecule has 0 saturated heterocycles. The molecule has 1 aliphatic carbocycles. The number of nitrogens with zero attached hydrogens (tertiary/aromatic N) is 3. The van der Waals surface area contributed by atoms with Crippen molar-refractivity contribution in [2.45, 2.75) is 31.7 Å². The maximum Gasteiger partial charge on any atom is 0.238 e. The third kappa shape index (κ3) is 2.36. The number of pyridine rings is 1. The number of allylic oxidation sites excluding steroid dienone is 1. The highest BCUT2D eigenvalue weighted by atomic mass is 16.3. The molecule has 6 nitrogen and oxygen atoms in total. The van der Waals surface area contributed by atoms with Gasteiger partial charge in [-0.3, -0.25) is 0 Å². The number of fused-ring (bicyclic) bond motifs is 1. The van der Waals surface area contributed by atoms with Crippen LogP contribution >= 0.6 is 0 Å². The quantitative estimate of drug-likeness (QED) is 0.812. The van der Waals surface area contributed by atoms with Gasteiger partial charge in [-0.1, -0.05) is 12.8 Å². The van der Waals surface area contributed by atoms with Crippen LogP contribution in [0.2, 0.25) is 0 Å². The van der Waals surface area contributed by atoms with E-state index < -0.39 is 0 Å². The van der Waals surface area contributed by atoms with Crippen molar-refractivity contribution in [2.24, 2.45) is 4.99 Å². The summed E-state index contributed by atoms with van der Waals surface area (Å²) < 4.78 is 0. The molecule has 1 saturated carbocycles. The highest BCUT2D eigenvalue weighted by Crippen LogP contribution is 2.32. The van der Waals surface area contributed by atoms with E-state index in [2.05, 4.69) is 25.3 Å². The Morgan fingerprint density at radius 3 is 3.05 bits per heavy atom. The standard InChI is InChI=1S/C16H17N5O/c22-15-13(20-16(21-15)19-11-4-1-2-5-11)8-10-9-18-14-12(10)6-3-7-17-14/h3,6-9,11,22H,1-2,4-5H2,(H2,19,20,21). The van der Waals surface area contributed by atoms with E-state index in [1.165, 1.54) is 12.8 Å². The van der Waals surface area contributed by atoms with E-state index in [-0.39, 0.29) is 5.88 Å². The molecular weight excluding hydrogens is 278 g/mol. The van der Waals surface area contributed by atoms with E-state index >= 15 is 0 Å². The van der Waals surface area contributed by atoms with Crippen LogP contribution in [0.1, 0.15) is 36.9 Å². The smallest absolute Gasteiger partial charge is 0.238 e. The van der Waals surface area contributed by atoms with Gasteiger partial charge in [0.05, 0.1) is 0 Å². The fourth-order valence-corrected chi connectivity index (χ4v) is 3.01. The molecule has 4 rings (SSSR count). The van der Waals surface area contributed by atoms with Crippen LogP contribution in [0.3, 0.4) is 0 Å². The van der Waals surface area contributed by atoms with Crippen LogP contribution in [-0.4, -0.2) is 32.3 Å². The SMILES string of the molecule is Oc1nc(NC2CCCC2)[nH]c1C=C1C=Nc2ncccc21. The summed E-state index contributed by atoms with van der Waals surface area (Å²) >= 11 is 0. The molecular formula is C16H17N5O. The molecule has 0 radical (unpaired) electrons. The first-order chi connectivity index (χ1) is 10.8. The van der Waals surface area contributed by atoms with Crippen LogP contribution in [0.4, 0.5) is 11.8 Å². The van der Waals surface area contributed by atoms with Gasteiger partial charge in [-0.25, -0.2) is 9.98 Å². The Hall–Kier alpha value is -2.63. The van der Waals surface area contributed by atoms with E-state index in [0.29, 0.717) is 23.5 Å². The zero-order chi connectivity index (χ0) is 14.9. The fraction of sp³-hybridized carbons (Fsp3) is 0.312. The molecule has 1 fully saturated rings. The van der Waals surface area contributed by atoms with Gasteiger partial charge in [0.1, 0.15) is 5.69 Å². The molecule has 0 unspecified atom stereocenters. The molecule has 0 amide bonds. The molecule has 112 valence electrons. The molecule has 1 aliphatic heterocycles. The van der Waals surface area contributed by atoms with Gasteiger partial charge in [-0.2, -0.15) is 4.98 Å². The molecule has 2 aromatic heterocycles. The second-order valence-corrected chi connectivity index (χ2v) is 5.68. The van der Waals surface area contributed by atoms with E-state index in [4.69, 9.17) is 0 Å². The minimum atomic E-state index is -0.00117. The lowest BCUT2D eigenvalue weighted by Crippen LogP contribution is -2.15. The Morgan fingerprint density at radius 2 is 2.18 bits per heavy atom. The third-order valence-corrected chi connectivity index (χ3v) is 4.13. The summed E-state index contributed by atoms with van der Waals surface area (Å²) in [5.74, 6) is 1.33. The number of hydrogen-bond donors (Lipinski definition) is 3. The topological polar surface area (TPSA) is 86.2 Å². The van der Waals surface area contributed by atoms with Crippen molar-refractivity contribution < 1.29 is 5.11 Å². The van der Waals surface area contributed by atoms with Gasteiger partial charge in [-0.05, 0) is 31.1 Å². The second-order valence-electron chi connectivity index (χ2n) is 5.68. The number of imidazole rings is 1. The zero-order valence-electron chi connectivity index (χ0n) is 12.1. The van der Waals surface area contributed by atoms with E-state index in [1.807, 2.05) is 18.2 Å². The Labute approximate surface area is 128 Å². The van der Waals surface area contributed by atoms with Crippen LogP contribution in [-0.2, 0) is 0 Å². The van der Waals surface area contributed by atoms with Gasteiger partial charge in [0.15, 0.2) is 5.82 Å². The Balaban J connectivity index is 1.60. The average Bonchev–Trinajstić information content (AvgIpc) is 3.23. The number of rotatable bonds is 3. The maximum absolute atomic E-state index is 10.0. The lowest BCUT2D eigenvalue weighted by atomic mass is 10.1. The number of nitrogens with one attached hydrogen (secondary N) is 2. The number of aromatic hydroxyl groups is 1. The van der Waals surface area contributed by atoms with Gasteiger partial charge in [0.2, 0.25) is 11.8 Å². The average molecular weight is 295 g/mol.